The van der Waals surface area contributed by atoms with E-state index in [9.17, 15) is 9.59 Å². The Kier molecular flexibility index (Phi) is 5.93. The third-order valence-corrected chi connectivity index (χ3v) is 6.01. The number of hydrogen-bond donors (Lipinski definition) is 1. The number of rotatable bonds is 3. The van der Waals surface area contributed by atoms with Crippen molar-refractivity contribution in [3.8, 4) is 5.75 Å². The summed E-state index contributed by atoms with van der Waals surface area (Å²) in [7, 11) is 0. The van der Waals surface area contributed by atoms with E-state index in [-0.39, 0.29) is 24.0 Å². The summed E-state index contributed by atoms with van der Waals surface area (Å²) < 4.78 is 5.85. The van der Waals surface area contributed by atoms with Crippen molar-refractivity contribution in [2.45, 2.75) is 39.3 Å². The van der Waals surface area contributed by atoms with Gasteiger partial charge in [-0.15, -0.1) is 0 Å². The number of aryl methyl sites for hydroxylation is 1. The van der Waals surface area contributed by atoms with E-state index in [1.54, 1.807) is 0 Å². The van der Waals surface area contributed by atoms with Crippen LogP contribution >= 0.6 is 0 Å². The van der Waals surface area contributed by atoms with Gasteiger partial charge in [-0.2, -0.15) is 0 Å². The van der Waals surface area contributed by atoms with E-state index in [2.05, 4.69) is 18.3 Å². The second-order valence-corrected chi connectivity index (χ2v) is 8.19. The fraction of sp³-hybridized carbons (Fsp3) is 0.417. The molecule has 4 rings (SSSR count). The molecule has 1 N–H and O–H groups in total. The number of fused-ring (bicyclic) bond motifs is 1. The monoisotopic (exact) mass is 407 g/mol. The molecule has 0 saturated carbocycles. The Labute approximate surface area is 177 Å². The van der Waals surface area contributed by atoms with E-state index in [1.807, 2.05) is 59.2 Å². The number of carbonyl (C=O) groups excluding carboxylic acids is 2. The van der Waals surface area contributed by atoms with E-state index in [0.717, 1.165) is 17.0 Å². The lowest BCUT2D eigenvalue weighted by Gasteiger charge is -2.39. The molecule has 0 radical (unpaired) electrons. The number of carbonyl (C=O) groups is 2. The molecular weight excluding hydrogens is 378 g/mol. The van der Waals surface area contributed by atoms with Crippen LogP contribution in [0, 0.1) is 12.8 Å². The lowest BCUT2D eigenvalue weighted by atomic mass is 9.96. The fourth-order valence-corrected chi connectivity index (χ4v) is 4.21. The van der Waals surface area contributed by atoms with Crippen molar-refractivity contribution in [2.24, 2.45) is 5.92 Å². The zero-order chi connectivity index (χ0) is 21.1. The number of para-hydroxylation sites is 2. The Morgan fingerprint density at radius 3 is 2.53 bits per heavy atom. The molecule has 1 fully saturated rings. The van der Waals surface area contributed by atoms with Crippen LogP contribution in [-0.2, 0) is 11.3 Å². The zero-order valence-electron chi connectivity index (χ0n) is 17.6. The molecule has 30 heavy (non-hydrogen) atoms. The van der Waals surface area contributed by atoms with Gasteiger partial charge in [0.2, 0.25) is 5.91 Å². The maximum Gasteiger partial charge on any atom is 0.324 e. The van der Waals surface area contributed by atoms with Crippen LogP contribution in [0.25, 0.3) is 0 Å². The largest absolute Gasteiger partial charge is 0.487 e. The summed E-state index contributed by atoms with van der Waals surface area (Å²) in [6.07, 6.45) is 1.33. The number of piperidine rings is 1. The van der Waals surface area contributed by atoms with E-state index in [4.69, 9.17) is 4.74 Å². The highest BCUT2D eigenvalue weighted by Crippen LogP contribution is 2.34. The van der Waals surface area contributed by atoms with Crippen molar-refractivity contribution in [1.82, 2.24) is 10.2 Å². The molecule has 0 aromatic heterocycles. The fourth-order valence-electron chi connectivity index (χ4n) is 4.21. The van der Waals surface area contributed by atoms with Gasteiger partial charge >= 0.3 is 6.03 Å². The average molecular weight is 408 g/mol. The number of benzene rings is 2. The second-order valence-electron chi connectivity index (χ2n) is 8.19. The second kappa shape index (κ2) is 8.78. The van der Waals surface area contributed by atoms with Gasteiger partial charge in [-0.1, -0.05) is 36.4 Å². The molecule has 0 aliphatic carbocycles. The van der Waals surface area contributed by atoms with E-state index < -0.39 is 0 Å². The number of nitrogens with zero attached hydrogens (tertiary/aromatic N) is 2. The summed E-state index contributed by atoms with van der Waals surface area (Å²) in [4.78, 5) is 29.5. The zero-order valence-corrected chi connectivity index (χ0v) is 17.6. The third-order valence-electron chi connectivity index (χ3n) is 6.01. The summed E-state index contributed by atoms with van der Waals surface area (Å²) in [5.41, 5.74) is 3.13. The summed E-state index contributed by atoms with van der Waals surface area (Å²) in [5.74, 6) is 0.778. The minimum Gasteiger partial charge on any atom is -0.487 e. The lowest BCUT2D eigenvalue weighted by Crippen LogP contribution is -2.52. The van der Waals surface area contributed by atoms with Crippen molar-refractivity contribution in [2.75, 3.05) is 24.5 Å². The van der Waals surface area contributed by atoms with Gasteiger partial charge < -0.3 is 15.0 Å². The highest BCUT2D eigenvalue weighted by molar-refractivity contribution is 5.94. The first-order valence-corrected chi connectivity index (χ1v) is 10.7. The van der Waals surface area contributed by atoms with Crippen LogP contribution < -0.4 is 15.0 Å². The summed E-state index contributed by atoms with van der Waals surface area (Å²) in [5, 5.41) is 3.07. The minimum absolute atomic E-state index is 0.00336. The van der Waals surface area contributed by atoms with Crippen LogP contribution in [0.2, 0.25) is 0 Å². The molecule has 2 aliphatic heterocycles. The van der Waals surface area contributed by atoms with Gasteiger partial charge in [0.1, 0.15) is 11.9 Å². The Morgan fingerprint density at radius 1 is 1.07 bits per heavy atom. The highest BCUT2D eigenvalue weighted by atomic mass is 16.5. The number of ether oxygens (including phenoxy) is 1. The summed E-state index contributed by atoms with van der Waals surface area (Å²) in [6, 6.07) is 15.7. The standard InChI is InChI=1S/C24H29N3O3/c1-17-7-3-4-8-20(17)15-25-23(28)19-11-13-26(14-12-19)24(29)27-16-18(2)30-22-10-6-5-9-21(22)27/h3-10,18-19H,11-16H2,1-2H3,(H,25,28)/t18-/m1/s1. The van der Waals surface area contributed by atoms with Gasteiger partial charge in [-0.05, 0) is 49.9 Å². The van der Waals surface area contributed by atoms with Crippen LogP contribution in [0.15, 0.2) is 48.5 Å². The molecule has 2 aromatic carbocycles. The van der Waals surface area contributed by atoms with Crippen LogP contribution in [0.1, 0.15) is 30.9 Å². The Bertz CT molecular complexity index is 921. The predicted octanol–water partition coefficient (Wildman–Crippen LogP) is 3.73. The SMILES string of the molecule is Cc1ccccc1CNC(=O)C1CCN(C(=O)N2C[C@@H](C)Oc3ccccc32)CC1. The lowest BCUT2D eigenvalue weighted by molar-refractivity contribution is -0.126. The van der Waals surface area contributed by atoms with Crippen molar-refractivity contribution in [3.05, 3.63) is 59.7 Å². The van der Waals surface area contributed by atoms with Crippen LogP contribution in [-0.4, -0.2) is 42.6 Å². The van der Waals surface area contributed by atoms with Gasteiger partial charge in [0.15, 0.2) is 0 Å². The smallest absolute Gasteiger partial charge is 0.324 e. The minimum atomic E-state index is -0.0476. The first kappa shape index (κ1) is 20.3. The predicted molar refractivity (Wildman–Crippen MR) is 117 cm³/mol. The van der Waals surface area contributed by atoms with Gasteiger partial charge in [0, 0.05) is 25.6 Å². The number of urea groups is 1. The van der Waals surface area contributed by atoms with Crippen molar-refractivity contribution in [1.29, 1.82) is 0 Å². The van der Waals surface area contributed by atoms with Crippen molar-refractivity contribution >= 4 is 17.6 Å². The molecule has 1 saturated heterocycles. The molecule has 2 aliphatic rings. The van der Waals surface area contributed by atoms with Crippen LogP contribution in [0.5, 0.6) is 5.75 Å². The first-order chi connectivity index (χ1) is 14.5. The number of nitrogens with one attached hydrogen (secondary N) is 1. The van der Waals surface area contributed by atoms with Crippen molar-refractivity contribution in [3.63, 3.8) is 0 Å². The number of amides is 3. The quantitative estimate of drug-likeness (QED) is 0.843. The highest BCUT2D eigenvalue weighted by Gasteiger charge is 2.33. The molecular formula is C24H29N3O3. The van der Waals surface area contributed by atoms with Gasteiger partial charge in [-0.25, -0.2) is 4.79 Å². The number of hydrogen-bond acceptors (Lipinski definition) is 3. The van der Waals surface area contributed by atoms with E-state index in [1.165, 1.54) is 5.56 Å². The number of likely N-dealkylation sites (tertiary alicyclic amines) is 1. The molecule has 2 heterocycles. The maximum atomic E-state index is 13.2. The normalized spacial score (nSPS) is 19.1. The number of anilines is 1. The topological polar surface area (TPSA) is 61.9 Å². The third kappa shape index (κ3) is 4.27. The molecule has 2 aromatic rings. The molecule has 1 atom stereocenters. The summed E-state index contributed by atoms with van der Waals surface area (Å²) >= 11 is 0. The summed E-state index contributed by atoms with van der Waals surface area (Å²) in [6.45, 7) is 6.29. The maximum absolute atomic E-state index is 13.2. The Hall–Kier alpha value is -3.02. The molecule has 0 bridgehead atoms. The van der Waals surface area contributed by atoms with Gasteiger partial charge in [0.25, 0.3) is 0 Å². The van der Waals surface area contributed by atoms with Crippen LogP contribution in [0.3, 0.4) is 0 Å². The average Bonchev–Trinajstić information content (AvgIpc) is 2.77. The van der Waals surface area contributed by atoms with Gasteiger partial charge in [-0.3, -0.25) is 9.69 Å². The Balaban J connectivity index is 1.33. The Morgan fingerprint density at radius 2 is 1.77 bits per heavy atom. The van der Waals surface area contributed by atoms with Crippen molar-refractivity contribution < 1.29 is 14.3 Å². The molecule has 0 spiro atoms. The molecule has 3 amide bonds. The van der Waals surface area contributed by atoms with Gasteiger partial charge in [0.05, 0.1) is 12.2 Å². The van der Waals surface area contributed by atoms with E-state index in [0.29, 0.717) is 39.0 Å². The molecule has 6 heteroatoms. The van der Waals surface area contributed by atoms with Crippen LogP contribution in [0.4, 0.5) is 10.5 Å². The molecule has 0 unspecified atom stereocenters. The van der Waals surface area contributed by atoms with E-state index >= 15 is 0 Å². The molecule has 6 nitrogen and oxygen atoms in total. The first-order valence-electron chi connectivity index (χ1n) is 10.7. The molecule has 158 valence electrons.